The van der Waals surface area contributed by atoms with Crippen molar-refractivity contribution in [1.82, 2.24) is 4.98 Å². The maximum Gasteiger partial charge on any atom is 0.224 e. The minimum Gasteiger partial charge on any atom is -0.326 e. The number of benzene rings is 1. The molecule has 114 valence electrons. The Kier molecular flexibility index (Phi) is 4.85. The van der Waals surface area contributed by atoms with Crippen LogP contribution in [-0.2, 0) is 4.79 Å². The summed E-state index contributed by atoms with van der Waals surface area (Å²) >= 11 is 0. The second-order valence-electron chi connectivity index (χ2n) is 5.56. The van der Waals surface area contributed by atoms with E-state index >= 15 is 0 Å². The van der Waals surface area contributed by atoms with Gasteiger partial charge in [-0.3, -0.25) is 4.79 Å². The monoisotopic (exact) mass is 302 g/mol. The van der Waals surface area contributed by atoms with Crippen molar-refractivity contribution in [3.05, 3.63) is 72.1 Å². The predicted octanol–water partition coefficient (Wildman–Crippen LogP) is 3.78. The Bertz CT molecular complexity index is 769. The van der Waals surface area contributed by atoms with Crippen molar-refractivity contribution in [2.24, 2.45) is 5.92 Å². The fourth-order valence-corrected chi connectivity index (χ4v) is 2.56. The molecule has 1 amide bonds. The van der Waals surface area contributed by atoms with Crippen LogP contribution in [0.4, 0.5) is 5.69 Å². The van der Waals surface area contributed by atoms with Crippen LogP contribution in [0.15, 0.2) is 60.8 Å². The summed E-state index contributed by atoms with van der Waals surface area (Å²) in [5.74, 6) is 6.52. The van der Waals surface area contributed by atoms with Gasteiger partial charge in [-0.25, -0.2) is 4.98 Å². The second-order valence-corrected chi connectivity index (χ2v) is 5.56. The van der Waals surface area contributed by atoms with Crippen LogP contribution in [0.1, 0.15) is 30.5 Å². The third-order valence-corrected chi connectivity index (χ3v) is 3.71. The van der Waals surface area contributed by atoms with Gasteiger partial charge < -0.3 is 5.32 Å². The van der Waals surface area contributed by atoms with Crippen molar-refractivity contribution in [3.63, 3.8) is 0 Å². The molecule has 0 aliphatic heterocycles. The number of carbonyl (C=O) groups is 1. The Hall–Kier alpha value is -2.86. The summed E-state index contributed by atoms with van der Waals surface area (Å²) < 4.78 is 0. The molecule has 0 fully saturated rings. The minimum atomic E-state index is 0.0522. The van der Waals surface area contributed by atoms with Crippen LogP contribution >= 0.6 is 0 Å². The van der Waals surface area contributed by atoms with Crippen LogP contribution in [0.2, 0.25) is 0 Å². The van der Waals surface area contributed by atoms with Crippen molar-refractivity contribution in [2.75, 3.05) is 5.32 Å². The van der Waals surface area contributed by atoms with Crippen LogP contribution in [0.25, 0.3) is 0 Å². The molecular weight excluding hydrogens is 284 g/mol. The summed E-state index contributed by atoms with van der Waals surface area (Å²) in [5.41, 5.74) is 2.37. The van der Waals surface area contributed by atoms with Crippen molar-refractivity contribution in [1.29, 1.82) is 0 Å². The summed E-state index contributed by atoms with van der Waals surface area (Å²) in [7, 11) is 0. The molecule has 3 heteroatoms. The van der Waals surface area contributed by atoms with Gasteiger partial charge in [-0.05, 0) is 55.0 Å². The summed E-state index contributed by atoms with van der Waals surface area (Å²) in [6, 6.07) is 13.2. The average molecular weight is 302 g/mol. The van der Waals surface area contributed by atoms with Crippen LogP contribution < -0.4 is 5.32 Å². The summed E-state index contributed by atoms with van der Waals surface area (Å²) in [5, 5.41) is 2.95. The van der Waals surface area contributed by atoms with Gasteiger partial charge in [-0.15, -0.1) is 0 Å². The molecule has 0 bridgehead atoms. The summed E-state index contributed by atoms with van der Waals surface area (Å²) in [6.07, 6.45) is 8.69. The lowest BCUT2D eigenvalue weighted by molar-refractivity contribution is -0.116. The highest BCUT2D eigenvalue weighted by molar-refractivity contribution is 5.91. The molecule has 1 aromatic carbocycles. The molecule has 0 saturated heterocycles. The van der Waals surface area contributed by atoms with Gasteiger partial charge in [-0.1, -0.05) is 30.2 Å². The lowest BCUT2D eigenvalue weighted by Crippen LogP contribution is -2.14. The zero-order valence-corrected chi connectivity index (χ0v) is 12.8. The molecular formula is C20H18N2O. The van der Waals surface area contributed by atoms with E-state index in [2.05, 4.69) is 34.3 Å². The van der Waals surface area contributed by atoms with E-state index in [9.17, 15) is 4.79 Å². The van der Waals surface area contributed by atoms with Gasteiger partial charge in [-0.2, -0.15) is 0 Å². The van der Waals surface area contributed by atoms with Gasteiger partial charge in [0.25, 0.3) is 0 Å². The molecule has 1 heterocycles. The van der Waals surface area contributed by atoms with Gasteiger partial charge in [0.2, 0.25) is 5.91 Å². The molecule has 0 radical (unpaired) electrons. The van der Waals surface area contributed by atoms with Crippen LogP contribution in [0.5, 0.6) is 0 Å². The number of pyridine rings is 1. The highest BCUT2D eigenvalue weighted by atomic mass is 16.1. The first kappa shape index (κ1) is 15.1. The zero-order chi connectivity index (χ0) is 15.9. The van der Waals surface area contributed by atoms with E-state index in [1.807, 2.05) is 42.5 Å². The van der Waals surface area contributed by atoms with E-state index in [4.69, 9.17) is 0 Å². The van der Waals surface area contributed by atoms with Gasteiger partial charge >= 0.3 is 0 Å². The molecule has 1 atom stereocenters. The van der Waals surface area contributed by atoms with E-state index in [-0.39, 0.29) is 5.91 Å². The molecule has 0 saturated carbocycles. The van der Waals surface area contributed by atoms with Gasteiger partial charge in [0.1, 0.15) is 5.69 Å². The van der Waals surface area contributed by atoms with Crippen LogP contribution in [0, 0.1) is 17.8 Å². The van der Waals surface area contributed by atoms with E-state index < -0.39 is 0 Å². The fourth-order valence-electron chi connectivity index (χ4n) is 2.56. The SMILES string of the molecule is O=C(CC1C=CCC1)Nc1cccc(C#Cc2ccccn2)c1. The van der Waals surface area contributed by atoms with Crippen molar-refractivity contribution < 1.29 is 4.79 Å². The van der Waals surface area contributed by atoms with Gasteiger partial charge in [0, 0.05) is 23.9 Å². The van der Waals surface area contributed by atoms with Crippen molar-refractivity contribution in [2.45, 2.75) is 19.3 Å². The molecule has 1 aromatic heterocycles. The molecule has 23 heavy (non-hydrogen) atoms. The fraction of sp³-hybridized carbons (Fsp3) is 0.200. The number of nitrogens with one attached hydrogen (secondary N) is 1. The molecule has 3 rings (SSSR count). The first-order chi connectivity index (χ1) is 11.3. The number of rotatable bonds is 3. The lowest BCUT2D eigenvalue weighted by atomic mass is 10.0. The van der Waals surface area contributed by atoms with Crippen molar-refractivity contribution in [3.8, 4) is 11.8 Å². The van der Waals surface area contributed by atoms with Gasteiger partial charge in [0.05, 0.1) is 0 Å². The molecule has 1 N–H and O–H groups in total. The highest BCUT2D eigenvalue weighted by Crippen LogP contribution is 2.21. The van der Waals surface area contributed by atoms with Crippen LogP contribution in [0.3, 0.4) is 0 Å². The van der Waals surface area contributed by atoms with E-state index in [1.165, 1.54) is 0 Å². The highest BCUT2D eigenvalue weighted by Gasteiger charge is 2.13. The first-order valence-electron chi connectivity index (χ1n) is 7.79. The molecule has 2 aromatic rings. The van der Waals surface area contributed by atoms with Crippen molar-refractivity contribution >= 4 is 11.6 Å². The number of carbonyl (C=O) groups excluding carboxylic acids is 1. The van der Waals surface area contributed by atoms with Gasteiger partial charge in [0.15, 0.2) is 0 Å². The number of anilines is 1. The number of hydrogen-bond donors (Lipinski definition) is 1. The third-order valence-electron chi connectivity index (χ3n) is 3.71. The molecule has 1 aliphatic rings. The predicted molar refractivity (Wildman–Crippen MR) is 91.8 cm³/mol. The normalized spacial score (nSPS) is 15.7. The number of aromatic nitrogens is 1. The standard InChI is InChI=1S/C20H18N2O/c23-20(15-16-6-1-2-7-16)22-19-10-5-8-17(14-19)11-12-18-9-3-4-13-21-18/h1,3-6,8-10,13-14,16H,2,7,15H2,(H,22,23). The summed E-state index contributed by atoms with van der Waals surface area (Å²) in [4.78, 5) is 16.2. The maximum atomic E-state index is 12.1. The smallest absolute Gasteiger partial charge is 0.224 e. The number of allylic oxidation sites excluding steroid dienone is 2. The average Bonchev–Trinajstić information content (AvgIpc) is 3.07. The lowest BCUT2D eigenvalue weighted by Gasteiger charge is -2.08. The first-order valence-corrected chi connectivity index (χ1v) is 7.79. The minimum absolute atomic E-state index is 0.0522. The molecule has 0 spiro atoms. The largest absolute Gasteiger partial charge is 0.326 e. The van der Waals surface area contributed by atoms with Crippen LogP contribution in [-0.4, -0.2) is 10.9 Å². The number of amides is 1. The summed E-state index contributed by atoms with van der Waals surface area (Å²) in [6.45, 7) is 0. The molecule has 1 unspecified atom stereocenters. The quantitative estimate of drug-likeness (QED) is 0.692. The molecule has 3 nitrogen and oxygen atoms in total. The Labute approximate surface area is 136 Å². The number of nitrogens with zero attached hydrogens (tertiary/aromatic N) is 1. The molecule has 1 aliphatic carbocycles. The second kappa shape index (κ2) is 7.42. The number of hydrogen-bond acceptors (Lipinski definition) is 2. The Balaban J connectivity index is 1.64. The Morgan fingerprint density at radius 1 is 1.22 bits per heavy atom. The topological polar surface area (TPSA) is 42.0 Å². The van der Waals surface area contributed by atoms with E-state index in [1.54, 1.807) is 6.20 Å². The maximum absolute atomic E-state index is 12.1. The Morgan fingerprint density at radius 2 is 2.17 bits per heavy atom. The van der Waals surface area contributed by atoms with E-state index in [0.29, 0.717) is 12.3 Å². The zero-order valence-electron chi connectivity index (χ0n) is 12.8. The third kappa shape index (κ3) is 4.55. The Morgan fingerprint density at radius 3 is 2.96 bits per heavy atom. The van der Waals surface area contributed by atoms with E-state index in [0.717, 1.165) is 29.8 Å².